The first-order valence-electron chi connectivity index (χ1n) is 6.76. The van der Waals surface area contributed by atoms with E-state index in [4.69, 9.17) is 14.8 Å². The molecule has 110 valence electrons. The molecular weight excluding hydrogens is 285 g/mol. The van der Waals surface area contributed by atoms with Gasteiger partial charge in [-0.05, 0) is 30.7 Å². The molecule has 1 atom stereocenters. The zero-order valence-corrected chi connectivity index (χ0v) is 12.7. The van der Waals surface area contributed by atoms with Gasteiger partial charge in [0.25, 0.3) is 5.52 Å². The molecule has 2 rings (SSSR count). The summed E-state index contributed by atoms with van der Waals surface area (Å²) in [4.78, 5) is 12.3. The Morgan fingerprint density at radius 1 is 1.00 bits per heavy atom. The van der Waals surface area contributed by atoms with Crippen molar-refractivity contribution in [2.45, 2.75) is 19.4 Å². The minimum absolute atomic E-state index is 0.208. The lowest BCUT2D eigenvalue weighted by molar-refractivity contribution is -0.113. The van der Waals surface area contributed by atoms with Crippen LogP contribution in [-0.2, 0) is 4.79 Å². The molecule has 0 radical (unpaired) electrons. The van der Waals surface area contributed by atoms with Gasteiger partial charge < -0.3 is 14.8 Å². The number of nitrogens with two attached hydrogens (primary N) is 1. The summed E-state index contributed by atoms with van der Waals surface area (Å²) >= 11 is 0. The van der Waals surface area contributed by atoms with Crippen LogP contribution in [0.5, 0.6) is 11.5 Å². The van der Waals surface area contributed by atoms with E-state index in [1.807, 2.05) is 43.3 Å². The minimum Gasteiger partial charge on any atom is -0.433 e. The highest BCUT2D eigenvalue weighted by Crippen LogP contribution is 2.42. The highest BCUT2D eigenvalue weighted by Gasteiger charge is 2.29. The molecule has 21 heavy (non-hydrogen) atoms. The van der Waals surface area contributed by atoms with Crippen molar-refractivity contribution < 1.29 is 13.8 Å². The number of para-hydroxylation sites is 2. The Bertz CT molecular complexity index is 521. The number of rotatable bonds is 7. The van der Waals surface area contributed by atoms with Gasteiger partial charge in [-0.15, -0.1) is 0 Å². The van der Waals surface area contributed by atoms with Crippen molar-refractivity contribution in [2.24, 2.45) is 5.73 Å². The fraction of sp³-hybridized carbons (Fsp3) is 0.188. The lowest BCUT2D eigenvalue weighted by atomic mass is 10.3. The third-order valence-corrected chi connectivity index (χ3v) is 4.24. The van der Waals surface area contributed by atoms with Crippen molar-refractivity contribution >= 4 is 13.9 Å². The van der Waals surface area contributed by atoms with Crippen LogP contribution >= 0.6 is 8.38 Å². The second-order valence-electron chi connectivity index (χ2n) is 4.42. The number of hydrogen-bond donors (Lipinski definition) is 1. The predicted molar refractivity (Wildman–Crippen MR) is 84.3 cm³/mol. The van der Waals surface area contributed by atoms with E-state index in [1.165, 1.54) is 0 Å². The Labute approximate surface area is 125 Å². The summed E-state index contributed by atoms with van der Waals surface area (Å²) in [7, 11) is -1.78. The molecule has 4 nitrogen and oxygen atoms in total. The monoisotopic (exact) mass is 303 g/mol. The average Bonchev–Trinajstić information content (AvgIpc) is 2.54. The summed E-state index contributed by atoms with van der Waals surface area (Å²) in [5.74, 6) is 1.19. The van der Waals surface area contributed by atoms with Crippen LogP contribution in [0.4, 0.5) is 0 Å². The van der Waals surface area contributed by atoms with Gasteiger partial charge in [0.05, 0.1) is 6.04 Å². The van der Waals surface area contributed by atoms with E-state index in [0.29, 0.717) is 17.9 Å². The van der Waals surface area contributed by atoms with Gasteiger partial charge in [-0.3, -0.25) is 4.79 Å². The van der Waals surface area contributed by atoms with Gasteiger partial charge in [-0.2, -0.15) is 0 Å². The maximum Gasteiger partial charge on any atom is 0.366 e. The fourth-order valence-electron chi connectivity index (χ4n) is 1.57. The normalized spacial score (nSPS) is 12.0. The molecule has 0 spiro atoms. The topological polar surface area (TPSA) is 61.6 Å². The number of carbonyl (C=O) groups excluding carboxylic acids is 1. The number of carbonyl (C=O) groups is 1. The minimum atomic E-state index is -1.78. The molecule has 0 heterocycles. The summed E-state index contributed by atoms with van der Waals surface area (Å²) < 4.78 is 11.4. The zero-order chi connectivity index (χ0) is 15.1. The maximum atomic E-state index is 12.3. The molecule has 0 saturated carbocycles. The molecule has 5 heteroatoms. The molecule has 0 aliphatic carbocycles. The van der Waals surface area contributed by atoms with Crippen LogP contribution in [0.25, 0.3) is 0 Å². The van der Waals surface area contributed by atoms with E-state index in [0.717, 1.165) is 0 Å². The molecular formula is C16H18NO3P. The van der Waals surface area contributed by atoms with Crippen LogP contribution in [0, 0.1) is 0 Å². The molecule has 0 aromatic heterocycles. The molecule has 0 bridgehead atoms. The van der Waals surface area contributed by atoms with Crippen molar-refractivity contribution in [2.75, 3.05) is 0 Å². The van der Waals surface area contributed by atoms with Crippen LogP contribution in [-0.4, -0.2) is 11.6 Å². The zero-order valence-electron chi connectivity index (χ0n) is 11.8. The van der Waals surface area contributed by atoms with Crippen molar-refractivity contribution in [1.82, 2.24) is 0 Å². The first-order valence-corrected chi connectivity index (χ1v) is 7.94. The molecule has 2 N–H and O–H groups in total. The molecule has 0 saturated heterocycles. The van der Waals surface area contributed by atoms with Gasteiger partial charge in [0.15, 0.2) is 0 Å². The predicted octanol–water partition coefficient (Wildman–Crippen LogP) is 3.72. The second kappa shape index (κ2) is 7.77. The number of hydrogen-bond acceptors (Lipinski definition) is 4. The van der Waals surface area contributed by atoms with Gasteiger partial charge in [0, 0.05) is 0 Å². The highest BCUT2D eigenvalue weighted by atomic mass is 31.2. The van der Waals surface area contributed by atoms with Crippen LogP contribution in [0.1, 0.15) is 13.3 Å². The van der Waals surface area contributed by atoms with E-state index in [-0.39, 0.29) is 5.52 Å². The molecule has 0 aliphatic rings. The third-order valence-electron chi connectivity index (χ3n) is 2.80. The molecule has 0 fully saturated rings. The van der Waals surface area contributed by atoms with Gasteiger partial charge in [-0.1, -0.05) is 43.3 Å². The quantitative estimate of drug-likeness (QED) is 0.792. The Morgan fingerprint density at radius 2 is 1.43 bits per heavy atom. The standard InChI is InChI=1S/C16H18NO3P/c1-2-15(17)16(18)21(19-13-9-5-3-6-10-13)20-14-11-7-4-8-12-14/h3-12,15H,2,17H2,1H3/t15-/m0/s1. The Hall–Kier alpha value is -1.90. The van der Waals surface area contributed by atoms with E-state index in [9.17, 15) is 4.79 Å². The fourth-order valence-corrected chi connectivity index (χ4v) is 2.87. The summed E-state index contributed by atoms with van der Waals surface area (Å²) in [5.41, 5.74) is 5.62. The summed E-state index contributed by atoms with van der Waals surface area (Å²) in [6, 6.07) is 17.7. The van der Waals surface area contributed by atoms with Crippen LogP contribution < -0.4 is 14.8 Å². The van der Waals surface area contributed by atoms with E-state index in [1.54, 1.807) is 24.3 Å². The molecule has 0 unspecified atom stereocenters. The van der Waals surface area contributed by atoms with Gasteiger partial charge in [-0.25, -0.2) is 0 Å². The molecule has 0 aliphatic heterocycles. The molecule has 2 aromatic carbocycles. The first-order chi connectivity index (χ1) is 10.2. The Morgan fingerprint density at radius 3 is 1.81 bits per heavy atom. The summed E-state index contributed by atoms with van der Waals surface area (Å²) in [6.07, 6.45) is 0.550. The Balaban J connectivity index is 2.16. The average molecular weight is 303 g/mol. The van der Waals surface area contributed by atoms with Crippen LogP contribution in [0.15, 0.2) is 60.7 Å². The summed E-state index contributed by atoms with van der Waals surface area (Å²) in [5, 5.41) is 0. The first kappa shape index (κ1) is 15.5. The lowest BCUT2D eigenvalue weighted by Crippen LogP contribution is -2.30. The smallest absolute Gasteiger partial charge is 0.366 e. The van der Waals surface area contributed by atoms with E-state index >= 15 is 0 Å². The van der Waals surface area contributed by atoms with E-state index in [2.05, 4.69) is 0 Å². The molecule has 0 amide bonds. The molecule has 2 aromatic rings. The van der Waals surface area contributed by atoms with Crippen molar-refractivity contribution in [3.05, 3.63) is 60.7 Å². The van der Waals surface area contributed by atoms with Crippen LogP contribution in [0.3, 0.4) is 0 Å². The maximum absolute atomic E-state index is 12.3. The van der Waals surface area contributed by atoms with Crippen molar-refractivity contribution in [3.63, 3.8) is 0 Å². The second-order valence-corrected chi connectivity index (χ2v) is 5.74. The largest absolute Gasteiger partial charge is 0.433 e. The third kappa shape index (κ3) is 4.55. The van der Waals surface area contributed by atoms with E-state index < -0.39 is 14.4 Å². The van der Waals surface area contributed by atoms with Gasteiger partial charge in [0.1, 0.15) is 11.5 Å². The van der Waals surface area contributed by atoms with Crippen molar-refractivity contribution in [1.29, 1.82) is 0 Å². The van der Waals surface area contributed by atoms with Gasteiger partial charge >= 0.3 is 8.38 Å². The Kier molecular flexibility index (Phi) is 5.73. The summed E-state index contributed by atoms with van der Waals surface area (Å²) in [6.45, 7) is 1.86. The van der Waals surface area contributed by atoms with Crippen molar-refractivity contribution in [3.8, 4) is 11.5 Å². The lowest BCUT2D eigenvalue weighted by Gasteiger charge is -2.19. The highest BCUT2D eigenvalue weighted by molar-refractivity contribution is 7.67. The number of benzene rings is 2. The van der Waals surface area contributed by atoms with Crippen LogP contribution in [0.2, 0.25) is 0 Å². The van der Waals surface area contributed by atoms with Gasteiger partial charge in [0.2, 0.25) is 0 Å². The SMILES string of the molecule is CC[C@H](N)C(=O)P(Oc1ccccc1)Oc1ccccc1.